The summed E-state index contributed by atoms with van der Waals surface area (Å²) in [6.45, 7) is 9.85. The number of nitrogens with one attached hydrogen (secondary N) is 1. The maximum atomic E-state index is 6.04. The Hall–Kier alpha value is -1.09. The van der Waals surface area contributed by atoms with Gasteiger partial charge in [-0.3, -0.25) is 4.98 Å². The molecular formula is C15H25N3. The molecule has 1 aromatic heterocycles. The van der Waals surface area contributed by atoms with Crippen LogP contribution in [0, 0.1) is 5.92 Å². The van der Waals surface area contributed by atoms with Crippen LogP contribution in [0.15, 0.2) is 12.1 Å². The molecule has 0 bridgehead atoms. The van der Waals surface area contributed by atoms with Crippen molar-refractivity contribution in [3.05, 3.63) is 23.5 Å². The SMILES string of the molecule is CC1CCC(c2ccc(N)c(C(C)(C)C)n2)NC1. The third kappa shape index (κ3) is 2.83. The van der Waals surface area contributed by atoms with E-state index in [1.807, 2.05) is 6.07 Å². The van der Waals surface area contributed by atoms with E-state index in [1.165, 1.54) is 12.8 Å². The fraction of sp³-hybridized carbons (Fsp3) is 0.667. The van der Waals surface area contributed by atoms with Crippen LogP contribution in [0.2, 0.25) is 0 Å². The molecule has 3 nitrogen and oxygen atoms in total. The quantitative estimate of drug-likeness (QED) is 0.802. The van der Waals surface area contributed by atoms with Crippen molar-refractivity contribution >= 4 is 5.69 Å². The lowest BCUT2D eigenvalue weighted by Gasteiger charge is -2.29. The minimum atomic E-state index is 0.00204. The van der Waals surface area contributed by atoms with Gasteiger partial charge in [0.15, 0.2) is 0 Å². The van der Waals surface area contributed by atoms with Crippen LogP contribution < -0.4 is 11.1 Å². The van der Waals surface area contributed by atoms with Gasteiger partial charge in [-0.25, -0.2) is 0 Å². The normalized spacial score (nSPS) is 25.1. The van der Waals surface area contributed by atoms with Gasteiger partial charge >= 0.3 is 0 Å². The van der Waals surface area contributed by atoms with Crippen molar-refractivity contribution in [2.75, 3.05) is 12.3 Å². The third-order valence-electron chi connectivity index (χ3n) is 3.68. The van der Waals surface area contributed by atoms with E-state index in [0.29, 0.717) is 6.04 Å². The fourth-order valence-corrected chi connectivity index (χ4v) is 2.53. The Balaban J connectivity index is 2.24. The van der Waals surface area contributed by atoms with Crippen LogP contribution in [-0.4, -0.2) is 11.5 Å². The van der Waals surface area contributed by atoms with Crippen LogP contribution in [0.5, 0.6) is 0 Å². The number of piperidine rings is 1. The van der Waals surface area contributed by atoms with Crippen molar-refractivity contribution in [1.82, 2.24) is 10.3 Å². The monoisotopic (exact) mass is 247 g/mol. The molecule has 1 aliphatic heterocycles. The minimum Gasteiger partial charge on any atom is -0.397 e. The van der Waals surface area contributed by atoms with E-state index in [9.17, 15) is 0 Å². The Morgan fingerprint density at radius 1 is 1.28 bits per heavy atom. The molecule has 2 unspecified atom stereocenters. The highest BCUT2D eigenvalue weighted by atomic mass is 15.0. The van der Waals surface area contributed by atoms with Crippen LogP contribution in [0.4, 0.5) is 5.69 Å². The molecule has 18 heavy (non-hydrogen) atoms. The molecule has 0 aromatic carbocycles. The standard InChI is InChI=1S/C15H25N3/c1-10-5-7-12(17-9-10)13-8-6-11(16)14(18-13)15(2,3)4/h6,8,10,12,17H,5,7,9,16H2,1-4H3. The number of nitrogen functional groups attached to an aromatic ring is 1. The molecule has 1 saturated heterocycles. The van der Waals surface area contributed by atoms with Gasteiger partial charge in [0, 0.05) is 11.5 Å². The second-order valence-electron chi connectivity index (χ2n) is 6.57. The maximum Gasteiger partial charge on any atom is 0.0689 e. The topological polar surface area (TPSA) is 50.9 Å². The zero-order valence-corrected chi connectivity index (χ0v) is 12.0. The number of nitrogens with zero attached hydrogens (tertiary/aromatic N) is 1. The summed E-state index contributed by atoms with van der Waals surface area (Å²) in [4.78, 5) is 4.80. The first-order chi connectivity index (χ1) is 8.38. The summed E-state index contributed by atoms with van der Waals surface area (Å²) in [5.74, 6) is 0.775. The number of hydrogen-bond donors (Lipinski definition) is 2. The second-order valence-corrected chi connectivity index (χ2v) is 6.57. The highest BCUT2D eigenvalue weighted by Crippen LogP contribution is 2.30. The molecule has 0 radical (unpaired) electrons. The molecule has 2 rings (SSSR count). The van der Waals surface area contributed by atoms with Crippen molar-refractivity contribution in [3.63, 3.8) is 0 Å². The van der Waals surface area contributed by atoms with Gasteiger partial charge < -0.3 is 11.1 Å². The Morgan fingerprint density at radius 3 is 2.56 bits per heavy atom. The summed E-state index contributed by atoms with van der Waals surface area (Å²) in [7, 11) is 0. The summed E-state index contributed by atoms with van der Waals surface area (Å²) >= 11 is 0. The maximum absolute atomic E-state index is 6.04. The van der Waals surface area contributed by atoms with E-state index in [0.717, 1.165) is 29.5 Å². The van der Waals surface area contributed by atoms with Gasteiger partial charge in [-0.2, -0.15) is 0 Å². The number of aromatic nitrogens is 1. The summed E-state index contributed by atoms with van der Waals surface area (Å²) < 4.78 is 0. The predicted molar refractivity (Wildman–Crippen MR) is 76.5 cm³/mol. The predicted octanol–water partition coefficient (Wildman–Crippen LogP) is 3.02. The van der Waals surface area contributed by atoms with E-state index in [1.54, 1.807) is 0 Å². The van der Waals surface area contributed by atoms with Gasteiger partial charge in [0.1, 0.15) is 0 Å². The lowest BCUT2D eigenvalue weighted by Crippen LogP contribution is -2.33. The molecule has 1 fully saturated rings. The van der Waals surface area contributed by atoms with Crippen molar-refractivity contribution in [2.45, 2.75) is 52.0 Å². The second kappa shape index (κ2) is 4.88. The van der Waals surface area contributed by atoms with E-state index in [2.05, 4.69) is 39.1 Å². The first kappa shape index (κ1) is 13.3. The van der Waals surface area contributed by atoms with Crippen molar-refractivity contribution in [2.24, 2.45) is 5.92 Å². The minimum absolute atomic E-state index is 0.00204. The van der Waals surface area contributed by atoms with E-state index in [4.69, 9.17) is 10.7 Å². The Morgan fingerprint density at radius 2 is 2.00 bits per heavy atom. The third-order valence-corrected chi connectivity index (χ3v) is 3.68. The Bertz CT molecular complexity index is 412. The first-order valence-electron chi connectivity index (χ1n) is 6.88. The van der Waals surface area contributed by atoms with E-state index in [-0.39, 0.29) is 5.41 Å². The molecule has 2 heterocycles. The van der Waals surface area contributed by atoms with Gasteiger partial charge in [-0.05, 0) is 37.4 Å². The largest absolute Gasteiger partial charge is 0.397 e. The van der Waals surface area contributed by atoms with Gasteiger partial charge in [0.05, 0.1) is 17.1 Å². The first-order valence-corrected chi connectivity index (χ1v) is 6.88. The molecule has 1 aromatic rings. The number of pyridine rings is 1. The average molecular weight is 247 g/mol. The molecule has 0 amide bonds. The van der Waals surface area contributed by atoms with Crippen LogP contribution in [0.3, 0.4) is 0 Å². The fourth-order valence-electron chi connectivity index (χ4n) is 2.53. The molecule has 3 heteroatoms. The van der Waals surface area contributed by atoms with E-state index >= 15 is 0 Å². The summed E-state index contributed by atoms with van der Waals surface area (Å²) in [6, 6.07) is 4.46. The van der Waals surface area contributed by atoms with Crippen LogP contribution in [0.1, 0.15) is 58.0 Å². The number of anilines is 1. The zero-order valence-electron chi connectivity index (χ0n) is 12.0. The van der Waals surface area contributed by atoms with Crippen LogP contribution >= 0.6 is 0 Å². The van der Waals surface area contributed by atoms with Crippen molar-refractivity contribution < 1.29 is 0 Å². The molecule has 2 atom stereocenters. The van der Waals surface area contributed by atoms with E-state index < -0.39 is 0 Å². The molecule has 1 aliphatic rings. The lowest BCUT2D eigenvalue weighted by molar-refractivity contribution is 0.327. The van der Waals surface area contributed by atoms with Gasteiger partial charge in [0.2, 0.25) is 0 Å². The molecule has 0 aliphatic carbocycles. The summed E-state index contributed by atoms with van der Waals surface area (Å²) in [5.41, 5.74) is 9.00. The van der Waals surface area contributed by atoms with Gasteiger partial charge in [0.25, 0.3) is 0 Å². The van der Waals surface area contributed by atoms with Gasteiger partial charge in [-0.15, -0.1) is 0 Å². The lowest BCUT2D eigenvalue weighted by atomic mass is 9.89. The average Bonchev–Trinajstić information content (AvgIpc) is 2.29. The number of rotatable bonds is 1. The number of hydrogen-bond acceptors (Lipinski definition) is 3. The molecule has 0 saturated carbocycles. The molecule has 100 valence electrons. The Labute approximate surface area is 110 Å². The Kier molecular flexibility index (Phi) is 3.62. The van der Waals surface area contributed by atoms with Crippen molar-refractivity contribution in [3.8, 4) is 0 Å². The summed E-state index contributed by atoms with van der Waals surface area (Å²) in [5, 5.41) is 3.58. The smallest absolute Gasteiger partial charge is 0.0689 e. The summed E-state index contributed by atoms with van der Waals surface area (Å²) in [6.07, 6.45) is 2.44. The van der Waals surface area contributed by atoms with Gasteiger partial charge in [-0.1, -0.05) is 27.7 Å². The van der Waals surface area contributed by atoms with Crippen molar-refractivity contribution in [1.29, 1.82) is 0 Å². The van der Waals surface area contributed by atoms with Crippen LogP contribution in [-0.2, 0) is 5.41 Å². The van der Waals surface area contributed by atoms with Crippen LogP contribution in [0.25, 0.3) is 0 Å². The highest BCUT2D eigenvalue weighted by molar-refractivity contribution is 5.47. The molecule has 0 spiro atoms. The highest BCUT2D eigenvalue weighted by Gasteiger charge is 2.23. The number of nitrogens with two attached hydrogens (primary N) is 1. The molecule has 3 N–H and O–H groups in total. The molecular weight excluding hydrogens is 222 g/mol. The zero-order chi connectivity index (χ0) is 13.3.